The molecule has 0 amide bonds. The quantitative estimate of drug-likeness (QED) is 0.281. The van der Waals surface area contributed by atoms with Crippen LogP contribution in [0.15, 0.2) is 12.5 Å². The van der Waals surface area contributed by atoms with Crippen molar-refractivity contribution in [3.8, 4) is 0 Å². The molecular formula is C3H8N2O2. The molecule has 0 rings (SSSR count). The molecule has 0 saturated carbocycles. The van der Waals surface area contributed by atoms with Crippen LogP contribution in [0, 0.1) is 0 Å². The van der Waals surface area contributed by atoms with Crippen molar-refractivity contribution in [3.63, 3.8) is 0 Å². The van der Waals surface area contributed by atoms with Crippen molar-refractivity contribution in [2.45, 2.75) is 0 Å². The van der Waals surface area contributed by atoms with Crippen LogP contribution in [0.1, 0.15) is 0 Å². The van der Waals surface area contributed by atoms with E-state index in [9.17, 15) is 0 Å². The van der Waals surface area contributed by atoms with Crippen LogP contribution in [0.25, 0.3) is 0 Å². The van der Waals surface area contributed by atoms with Gasteiger partial charge >= 0.3 is 0 Å². The summed E-state index contributed by atoms with van der Waals surface area (Å²) in [6.07, 6.45) is 0. The minimum absolute atomic E-state index is 0.0301. The second kappa shape index (κ2) is 3.45. The standard InChI is InChI=1S/C3H8N2O2/c1-3(7-5)6-2-4/h1-2,4-5H2. The largest absolute Gasteiger partial charge is 0.449 e. The summed E-state index contributed by atoms with van der Waals surface area (Å²) < 4.78 is 4.43. The first-order valence-electron chi connectivity index (χ1n) is 1.69. The molecule has 0 aliphatic carbocycles. The van der Waals surface area contributed by atoms with Gasteiger partial charge in [0.25, 0.3) is 5.95 Å². The van der Waals surface area contributed by atoms with Crippen LogP contribution < -0.4 is 11.6 Å². The molecule has 4 heteroatoms. The first-order chi connectivity index (χ1) is 3.31. The van der Waals surface area contributed by atoms with Gasteiger partial charge in [-0.2, -0.15) is 5.90 Å². The Balaban J connectivity index is 3.00. The average molecular weight is 104 g/mol. The van der Waals surface area contributed by atoms with Gasteiger partial charge in [0.05, 0.1) is 0 Å². The third kappa shape index (κ3) is 3.08. The van der Waals surface area contributed by atoms with Crippen LogP contribution in [0.3, 0.4) is 0 Å². The fraction of sp³-hybridized carbons (Fsp3) is 0.333. The third-order valence-electron chi connectivity index (χ3n) is 0.376. The van der Waals surface area contributed by atoms with Gasteiger partial charge in [-0.15, -0.1) is 0 Å². The van der Waals surface area contributed by atoms with E-state index < -0.39 is 0 Å². The number of rotatable bonds is 3. The molecule has 0 heterocycles. The zero-order valence-electron chi connectivity index (χ0n) is 3.89. The van der Waals surface area contributed by atoms with E-state index in [1.54, 1.807) is 0 Å². The predicted octanol–water partition coefficient (Wildman–Crippen LogP) is -0.719. The van der Waals surface area contributed by atoms with Gasteiger partial charge in [0.1, 0.15) is 6.73 Å². The summed E-state index contributed by atoms with van der Waals surface area (Å²) in [5, 5.41) is 0. The Kier molecular flexibility index (Phi) is 3.09. The van der Waals surface area contributed by atoms with Crippen molar-refractivity contribution in [1.29, 1.82) is 0 Å². The minimum atomic E-state index is 0.0301. The summed E-state index contributed by atoms with van der Waals surface area (Å²) in [7, 11) is 0. The molecule has 0 fully saturated rings. The van der Waals surface area contributed by atoms with E-state index in [1.807, 2.05) is 0 Å². The fourth-order valence-electron chi connectivity index (χ4n) is 0.127. The predicted molar refractivity (Wildman–Crippen MR) is 24.6 cm³/mol. The molecule has 0 aromatic rings. The monoisotopic (exact) mass is 104 g/mol. The fourth-order valence-corrected chi connectivity index (χ4v) is 0.127. The van der Waals surface area contributed by atoms with Crippen LogP contribution in [-0.2, 0) is 9.57 Å². The molecule has 0 unspecified atom stereocenters. The Hall–Kier alpha value is -0.740. The summed E-state index contributed by atoms with van der Waals surface area (Å²) in [5.41, 5.74) is 4.89. The van der Waals surface area contributed by atoms with E-state index in [0.29, 0.717) is 0 Å². The number of ether oxygens (including phenoxy) is 1. The van der Waals surface area contributed by atoms with Crippen LogP contribution in [0.2, 0.25) is 0 Å². The molecule has 0 radical (unpaired) electrons. The van der Waals surface area contributed by atoms with E-state index in [2.05, 4.69) is 22.1 Å². The maximum absolute atomic E-state index is 4.89. The maximum Gasteiger partial charge on any atom is 0.293 e. The summed E-state index contributed by atoms with van der Waals surface area (Å²) in [5.74, 6) is 4.61. The minimum Gasteiger partial charge on any atom is -0.449 e. The molecule has 42 valence electrons. The lowest BCUT2D eigenvalue weighted by Crippen LogP contribution is -2.08. The highest BCUT2D eigenvalue weighted by Crippen LogP contribution is 1.85. The molecule has 0 bridgehead atoms. The van der Waals surface area contributed by atoms with E-state index in [4.69, 9.17) is 5.73 Å². The molecule has 0 spiro atoms. The molecule has 4 nitrogen and oxygen atoms in total. The maximum atomic E-state index is 4.89. The van der Waals surface area contributed by atoms with Gasteiger partial charge in [0, 0.05) is 0 Å². The number of nitrogens with two attached hydrogens (primary N) is 2. The molecular weight excluding hydrogens is 96.0 g/mol. The van der Waals surface area contributed by atoms with Crippen molar-refractivity contribution >= 4 is 0 Å². The Morgan fingerprint density at radius 1 is 1.71 bits per heavy atom. The van der Waals surface area contributed by atoms with Gasteiger partial charge in [-0.1, -0.05) is 0 Å². The summed E-state index contributed by atoms with van der Waals surface area (Å²) in [6.45, 7) is 3.25. The zero-order valence-corrected chi connectivity index (χ0v) is 3.89. The normalized spacial score (nSPS) is 7.71. The van der Waals surface area contributed by atoms with E-state index >= 15 is 0 Å². The molecule has 0 aromatic carbocycles. The first kappa shape index (κ1) is 6.26. The molecule has 4 N–H and O–H groups in total. The van der Waals surface area contributed by atoms with Crippen molar-refractivity contribution in [1.82, 2.24) is 0 Å². The van der Waals surface area contributed by atoms with E-state index in [-0.39, 0.29) is 12.7 Å². The van der Waals surface area contributed by atoms with Crippen molar-refractivity contribution in [2.24, 2.45) is 11.6 Å². The summed E-state index contributed by atoms with van der Waals surface area (Å²) in [6, 6.07) is 0. The van der Waals surface area contributed by atoms with Gasteiger partial charge in [-0.3, -0.25) is 5.73 Å². The highest BCUT2D eigenvalue weighted by Gasteiger charge is 1.84. The van der Waals surface area contributed by atoms with Gasteiger partial charge < -0.3 is 9.57 Å². The molecule has 7 heavy (non-hydrogen) atoms. The summed E-state index contributed by atoms with van der Waals surface area (Å²) >= 11 is 0. The Bertz CT molecular complexity index is 64.0. The topological polar surface area (TPSA) is 70.5 Å². The van der Waals surface area contributed by atoms with Crippen LogP contribution in [0.5, 0.6) is 0 Å². The lowest BCUT2D eigenvalue weighted by molar-refractivity contribution is 0.0396. The molecule has 0 aromatic heterocycles. The van der Waals surface area contributed by atoms with Gasteiger partial charge in [-0.05, 0) is 6.58 Å². The molecule has 0 saturated heterocycles. The number of hydrogen-bond donors (Lipinski definition) is 2. The molecule has 0 atom stereocenters. The van der Waals surface area contributed by atoms with Crippen LogP contribution in [-0.4, -0.2) is 6.73 Å². The number of hydrogen-bond acceptors (Lipinski definition) is 4. The molecule has 0 aliphatic rings. The lowest BCUT2D eigenvalue weighted by Gasteiger charge is -2.00. The van der Waals surface area contributed by atoms with Crippen molar-refractivity contribution in [2.75, 3.05) is 6.73 Å². The first-order valence-corrected chi connectivity index (χ1v) is 1.69. The SMILES string of the molecule is C=C(ON)OCN. The van der Waals surface area contributed by atoms with E-state index in [1.165, 1.54) is 0 Å². The Morgan fingerprint density at radius 3 is 2.43 bits per heavy atom. The van der Waals surface area contributed by atoms with Crippen LogP contribution in [0.4, 0.5) is 0 Å². The summed E-state index contributed by atoms with van der Waals surface area (Å²) in [4.78, 5) is 3.99. The second-order valence-electron chi connectivity index (χ2n) is 0.801. The lowest BCUT2D eigenvalue weighted by atomic mass is 11.0. The highest BCUT2D eigenvalue weighted by atomic mass is 16.7. The van der Waals surface area contributed by atoms with Gasteiger partial charge in [0.2, 0.25) is 0 Å². The smallest absolute Gasteiger partial charge is 0.293 e. The Morgan fingerprint density at radius 2 is 2.29 bits per heavy atom. The van der Waals surface area contributed by atoms with Crippen LogP contribution >= 0.6 is 0 Å². The molecule has 0 aliphatic heterocycles. The van der Waals surface area contributed by atoms with E-state index in [0.717, 1.165) is 0 Å². The average Bonchev–Trinajstić information content (AvgIpc) is 1.68. The zero-order chi connectivity index (χ0) is 5.70. The van der Waals surface area contributed by atoms with Crippen molar-refractivity contribution < 1.29 is 9.57 Å². The third-order valence-corrected chi connectivity index (χ3v) is 0.376. The highest BCUT2D eigenvalue weighted by molar-refractivity contribution is 4.63. The van der Waals surface area contributed by atoms with Gasteiger partial charge in [-0.25, -0.2) is 0 Å². The Labute approximate surface area is 41.6 Å². The van der Waals surface area contributed by atoms with Crippen molar-refractivity contribution in [3.05, 3.63) is 12.5 Å². The van der Waals surface area contributed by atoms with Gasteiger partial charge in [0.15, 0.2) is 0 Å². The second-order valence-corrected chi connectivity index (χ2v) is 0.801.